The Morgan fingerprint density at radius 1 is 1.06 bits per heavy atom. The van der Waals surface area contributed by atoms with Gasteiger partial charge in [-0.05, 0) is 47.5 Å². The fourth-order valence-electron chi connectivity index (χ4n) is 1.46. The van der Waals surface area contributed by atoms with Crippen molar-refractivity contribution in [2.75, 3.05) is 0 Å². The minimum absolute atomic E-state index is 0.491. The Morgan fingerprint density at radius 2 is 1.72 bits per heavy atom. The molecule has 2 aromatic carbocycles. The Labute approximate surface area is 110 Å². The van der Waals surface area contributed by atoms with E-state index in [1.54, 1.807) is 0 Å². The van der Waals surface area contributed by atoms with Crippen LogP contribution in [0, 0.1) is 0 Å². The molecule has 0 heterocycles. The summed E-state index contributed by atoms with van der Waals surface area (Å²) in [5.74, 6) is 0.764. The van der Waals surface area contributed by atoms with Crippen LogP contribution in [0.3, 0.4) is 0 Å². The van der Waals surface area contributed by atoms with Crippen molar-refractivity contribution in [3.05, 3.63) is 64.7 Å². The highest BCUT2D eigenvalue weighted by Crippen LogP contribution is 2.15. The number of oxime groups is 1. The summed E-state index contributed by atoms with van der Waals surface area (Å²) in [5.41, 5.74) is 1.87. The molecule has 0 atom stereocenters. The molecule has 3 nitrogen and oxygen atoms in total. The number of halogens is 1. The molecular weight excluding hydrogens is 250 g/mol. The van der Waals surface area contributed by atoms with E-state index in [-0.39, 0.29) is 0 Å². The van der Waals surface area contributed by atoms with E-state index < -0.39 is 0 Å². The zero-order chi connectivity index (χ0) is 12.8. The summed E-state index contributed by atoms with van der Waals surface area (Å²) in [6.07, 6.45) is 1.36. The van der Waals surface area contributed by atoms with E-state index in [9.17, 15) is 0 Å². The van der Waals surface area contributed by atoms with Gasteiger partial charge in [0.25, 0.3) is 0 Å². The topological polar surface area (TPSA) is 41.8 Å². The Kier molecular flexibility index (Phi) is 4.20. The molecule has 2 aromatic rings. The van der Waals surface area contributed by atoms with Crippen LogP contribution < -0.4 is 4.74 Å². The highest BCUT2D eigenvalue weighted by Gasteiger charge is 1.96. The Hall–Kier alpha value is -2.00. The lowest BCUT2D eigenvalue weighted by molar-refractivity contribution is 0.306. The van der Waals surface area contributed by atoms with Crippen molar-refractivity contribution >= 4 is 17.8 Å². The fraction of sp³-hybridized carbons (Fsp3) is 0.0714. The zero-order valence-electron chi connectivity index (χ0n) is 9.58. The lowest BCUT2D eigenvalue weighted by Gasteiger charge is -2.06. The van der Waals surface area contributed by atoms with Crippen molar-refractivity contribution in [2.24, 2.45) is 5.16 Å². The third-order valence-corrected chi connectivity index (χ3v) is 2.66. The molecule has 0 saturated carbocycles. The van der Waals surface area contributed by atoms with E-state index in [2.05, 4.69) is 5.16 Å². The van der Waals surface area contributed by atoms with Gasteiger partial charge < -0.3 is 9.94 Å². The Bertz CT molecular complexity index is 520. The van der Waals surface area contributed by atoms with Crippen LogP contribution in [-0.2, 0) is 6.61 Å². The molecule has 4 heteroatoms. The molecule has 0 amide bonds. The third kappa shape index (κ3) is 3.50. The van der Waals surface area contributed by atoms with Gasteiger partial charge in [0.05, 0.1) is 6.21 Å². The molecule has 0 aromatic heterocycles. The van der Waals surface area contributed by atoms with Gasteiger partial charge in [-0.2, -0.15) is 0 Å². The minimum atomic E-state index is 0.491. The summed E-state index contributed by atoms with van der Waals surface area (Å²) in [6.45, 7) is 0.491. The number of hydrogen-bond acceptors (Lipinski definition) is 3. The second kappa shape index (κ2) is 6.07. The maximum atomic E-state index is 8.39. The van der Waals surface area contributed by atoms with Crippen LogP contribution in [-0.4, -0.2) is 11.4 Å². The van der Waals surface area contributed by atoms with Crippen molar-refractivity contribution in [3.8, 4) is 5.75 Å². The lowest BCUT2D eigenvalue weighted by atomic mass is 10.2. The summed E-state index contributed by atoms with van der Waals surface area (Å²) < 4.78 is 5.61. The van der Waals surface area contributed by atoms with Crippen LogP contribution >= 0.6 is 11.6 Å². The predicted molar refractivity (Wildman–Crippen MR) is 71.6 cm³/mol. The van der Waals surface area contributed by atoms with Gasteiger partial charge in [0.2, 0.25) is 0 Å². The number of hydrogen-bond donors (Lipinski definition) is 1. The number of nitrogens with zero attached hydrogens (tertiary/aromatic N) is 1. The molecule has 0 saturated heterocycles. The molecule has 0 aliphatic carbocycles. The van der Waals surface area contributed by atoms with Gasteiger partial charge in [0.1, 0.15) is 12.4 Å². The zero-order valence-corrected chi connectivity index (χ0v) is 10.3. The van der Waals surface area contributed by atoms with Gasteiger partial charge in [-0.3, -0.25) is 0 Å². The van der Waals surface area contributed by atoms with Crippen LogP contribution in [0.4, 0.5) is 0 Å². The minimum Gasteiger partial charge on any atom is -0.489 e. The summed E-state index contributed by atoms with van der Waals surface area (Å²) in [4.78, 5) is 0. The first kappa shape index (κ1) is 12.5. The van der Waals surface area contributed by atoms with Crippen molar-refractivity contribution in [1.82, 2.24) is 0 Å². The monoisotopic (exact) mass is 261 g/mol. The average Bonchev–Trinajstić information content (AvgIpc) is 2.40. The lowest BCUT2D eigenvalue weighted by Crippen LogP contribution is -1.95. The van der Waals surface area contributed by atoms with Crippen LogP contribution in [0.5, 0.6) is 5.75 Å². The Balaban J connectivity index is 1.95. The van der Waals surface area contributed by atoms with Crippen LogP contribution in [0.25, 0.3) is 0 Å². The summed E-state index contributed by atoms with van der Waals surface area (Å²) in [6, 6.07) is 14.8. The molecule has 0 spiro atoms. The standard InChI is InChI=1S/C14H12ClNO2/c15-13-5-1-12(2-6-13)10-18-14-7-3-11(4-8-14)9-16-17/h1-9,17H,10H2/b16-9-. The van der Waals surface area contributed by atoms with Gasteiger partial charge in [-0.25, -0.2) is 0 Å². The molecule has 1 N–H and O–H groups in total. The number of ether oxygens (including phenoxy) is 1. The molecule has 0 fully saturated rings. The summed E-state index contributed by atoms with van der Waals surface area (Å²) >= 11 is 5.80. The smallest absolute Gasteiger partial charge is 0.119 e. The molecule has 0 unspecified atom stereocenters. The first-order chi connectivity index (χ1) is 8.78. The molecule has 2 rings (SSSR count). The van der Waals surface area contributed by atoms with Crippen molar-refractivity contribution < 1.29 is 9.94 Å². The largest absolute Gasteiger partial charge is 0.489 e. The van der Waals surface area contributed by atoms with Crippen molar-refractivity contribution in [3.63, 3.8) is 0 Å². The SMILES string of the molecule is O/N=C\c1ccc(OCc2ccc(Cl)cc2)cc1. The second-order valence-corrected chi connectivity index (χ2v) is 4.17. The molecular formula is C14H12ClNO2. The molecule has 92 valence electrons. The number of benzene rings is 2. The van der Waals surface area contributed by atoms with Crippen LogP contribution in [0.2, 0.25) is 5.02 Å². The summed E-state index contributed by atoms with van der Waals surface area (Å²) in [5, 5.41) is 12.1. The molecule has 0 aliphatic rings. The first-order valence-electron chi connectivity index (χ1n) is 5.42. The number of rotatable bonds is 4. The van der Waals surface area contributed by atoms with Crippen molar-refractivity contribution in [2.45, 2.75) is 6.61 Å². The maximum absolute atomic E-state index is 8.39. The van der Waals surface area contributed by atoms with Gasteiger partial charge >= 0.3 is 0 Å². The second-order valence-electron chi connectivity index (χ2n) is 3.73. The fourth-order valence-corrected chi connectivity index (χ4v) is 1.59. The predicted octanol–water partition coefficient (Wildman–Crippen LogP) is 3.73. The maximum Gasteiger partial charge on any atom is 0.119 e. The van der Waals surface area contributed by atoms with Gasteiger partial charge in [0, 0.05) is 5.02 Å². The van der Waals surface area contributed by atoms with Gasteiger partial charge in [-0.1, -0.05) is 28.9 Å². The van der Waals surface area contributed by atoms with E-state index >= 15 is 0 Å². The van der Waals surface area contributed by atoms with E-state index in [0.717, 1.165) is 16.9 Å². The van der Waals surface area contributed by atoms with Crippen molar-refractivity contribution in [1.29, 1.82) is 0 Å². The third-order valence-electron chi connectivity index (χ3n) is 2.41. The normalized spacial score (nSPS) is 10.7. The average molecular weight is 262 g/mol. The van der Waals surface area contributed by atoms with E-state index in [0.29, 0.717) is 11.6 Å². The quantitative estimate of drug-likeness (QED) is 0.518. The Morgan fingerprint density at radius 3 is 2.33 bits per heavy atom. The van der Waals surface area contributed by atoms with Gasteiger partial charge in [-0.15, -0.1) is 0 Å². The first-order valence-corrected chi connectivity index (χ1v) is 5.80. The van der Waals surface area contributed by atoms with E-state index in [1.807, 2.05) is 48.5 Å². The van der Waals surface area contributed by atoms with E-state index in [4.69, 9.17) is 21.5 Å². The van der Waals surface area contributed by atoms with Crippen LogP contribution in [0.15, 0.2) is 53.7 Å². The van der Waals surface area contributed by atoms with Crippen LogP contribution in [0.1, 0.15) is 11.1 Å². The molecule has 0 aliphatic heterocycles. The molecule has 0 radical (unpaired) electrons. The highest BCUT2D eigenvalue weighted by atomic mass is 35.5. The molecule has 0 bridgehead atoms. The van der Waals surface area contributed by atoms with E-state index in [1.165, 1.54) is 6.21 Å². The summed E-state index contributed by atoms with van der Waals surface area (Å²) in [7, 11) is 0. The van der Waals surface area contributed by atoms with Gasteiger partial charge in [0.15, 0.2) is 0 Å². The highest BCUT2D eigenvalue weighted by molar-refractivity contribution is 6.30. The molecule has 18 heavy (non-hydrogen) atoms.